The van der Waals surface area contributed by atoms with Gasteiger partial charge in [0.1, 0.15) is 0 Å². The summed E-state index contributed by atoms with van der Waals surface area (Å²) in [6.07, 6.45) is 0. The molecule has 0 radical (unpaired) electrons. The van der Waals surface area contributed by atoms with E-state index in [0.717, 1.165) is 26.2 Å². The van der Waals surface area contributed by atoms with Crippen LogP contribution in [-0.2, 0) is 6.54 Å². The number of piperazine rings is 1. The summed E-state index contributed by atoms with van der Waals surface area (Å²) in [6.45, 7) is 8.58. The third-order valence-corrected chi connectivity index (χ3v) is 3.62. The van der Waals surface area contributed by atoms with Crippen molar-refractivity contribution in [2.45, 2.75) is 26.4 Å². The van der Waals surface area contributed by atoms with Gasteiger partial charge in [0.15, 0.2) is 17.4 Å². The number of halogens is 2. The molecule has 0 aromatic heterocycles. The first-order valence-corrected chi connectivity index (χ1v) is 6.60. The molecule has 2 rings (SSSR count). The van der Waals surface area contributed by atoms with Crippen LogP contribution in [0, 0.1) is 11.6 Å². The summed E-state index contributed by atoms with van der Waals surface area (Å²) < 4.78 is 26.5. The van der Waals surface area contributed by atoms with E-state index in [2.05, 4.69) is 23.6 Å². The van der Waals surface area contributed by atoms with E-state index < -0.39 is 17.4 Å². The summed E-state index contributed by atoms with van der Waals surface area (Å²) in [7, 11) is 0. The van der Waals surface area contributed by atoms with Crippen molar-refractivity contribution in [3.63, 3.8) is 0 Å². The lowest BCUT2D eigenvalue weighted by atomic mass is 10.1. The Bertz CT molecular complexity index is 420. The molecule has 0 bridgehead atoms. The molecule has 0 saturated carbocycles. The topological polar surface area (TPSA) is 26.7 Å². The molecule has 0 atom stereocenters. The average molecular weight is 270 g/mol. The smallest absolute Gasteiger partial charge is 0.187 e. The van der Waals surface area contributed by atoms with Gasteiger partial charge in [0, 0.05) is 38.8 Å². The van der Waals surface area contributed by atoms with Gasteiger partial charge in [0.2, 0.25) is 0 Å². The van der Waals surface area contributed by atoms with E-state index in [1.807, 2.05) is 0 Å². The Morgan fingerprint density at radius 3 is 2.11 bits per heavy atom. The van der Waals surface area contributed by atoms with Crippen LogP contribution in [0.15, 0.2) is 12.1 Å². The molecule has 1 saturated heterocycles. The molecule has 0 amide bonds. The molecule has 1 aliphatic rings. The average Bonchev–Trinajstić information content (AvgIpc) is 2.36. The van der Waals surface area contributed by atoms with Crippen LogP contribution >= 0.6 is 0 Å². The lowest BCUT2D eigenvalue weighted by molar-refractivity contribution is 0.104. The molecule has 3 nitrogen and oxygen atoms in total. The maximum atomic E-state index is 13.2. The molecule has 1 aromatic rings. The maximum Gasteiger partial charge on any atom is 0.187 e. The van der Waals surface area contributed by atoms with Gasteiger partial charge in [-0.25, -0.2) is 8.78 Å². The van der Waals surface area contributed by atoms with Gasteiger partial charge in [-0.05, 0) is 31.5 Å². The third kappa shape index (κ3) is 3.42. The van der Waals surface area contributed by atoms with Gasteiger partial charge in [-0.1, -0.05) is 0 Å². The van der Waals surface area contributed by atoms with Crippen LogP contribution < -0.4 is 0 Å². The Balaban J connectivity index is 1.96. The van der Waals surface area contributed by atoms with Crippen LogP contribution in [0.5, 0.6) is 5.75 Å². The Labute approximate surface area is 112 Å². The molecule has 1 N–H and O–H groups in total. The summed E-state index contributed by atoms with van der Waals surface area (Å²) in [4.78, 5) is 4.55. The van der Waals surface area contributed by atoms with Gasteiger partial charge < -0.3 is 5.11 Å². The number of hydrogen-bond acceptors (Lipinski definition) is 3. The van der Waals surface area contributed by atoms with Crippen LogP contribution in [0.1, 0.15) is 19.4 Å². The maximum absolute atomic E-state index is 13.2. The van der Waals surface area contributed by atoms with Gasteiger partial charge in [0.05, 0.1) is 0 Å². The Morgan fingerprint density at radius 2 is 1.63 bits per heavy atom. The van der Waals surface area contributed by atoms with Gasteiger partial charge >= 0.3 is 0 Å². The van der Waals surface area contributed by atoms with Crippen molar-refractivity contribution in [2.24, 2.45) is 0 Å². The minimum Gasteiger partial charge on any atom is -0.503 e. The highest BCUT2D eigenvalue weighted by Gasteiger charge is 2.19. The summed E-state index contributed by atoms with van der Waals surface area (Å²) in [5.74, 6) is -2.68. The normalized spacial score (nSPS) is 18.2. The lowest BCUT2D eigenvalue weighted by Gasteiger charge is -2.36. The summed E-state index contributed by atoms with van der Waals surface area (Å²) >= 11 is 0. The van der Waals surface area contributed by atoms with Crippen LogP contribution in [0.3, 0.4) is 0 Å². The molecule has 0 aliphatic carbocycles. The van der Waals surface area contributed by atoms with Crippen LogP contribution in [0.2, 0.25) is 0 Å². The first kappa shape index (κ1) is 14.2. The molecular formula is C14H20F2N2O. The fourth-order valence-corrected chi connectivity index (χ4v) is 2.41. The Kier molecular flexibility index (Phi) is 4.37. The van der Waals surface area contributed by atoms with E-state index in [-0.39, 0.29) is 0 Å². The standard InChI is InChI=1S/C14H20F2N2O/c1-10(2)18-5-3-17(4-6-18)9-11-7-12(15)14(19)13(16)8-11/h7-8,10,19H,3-6,9H2,1-2H3. The Morgan fingerprint density at radius 1 is 1.11 bits per heavy atom. The number of nitrogens with zero attached hydrogens (tertiary/aromatic N) is 2. The monoisotopic (exact) mass is 270 g/mol. The number of phenolic OH excluding ortho intramolecular Hbond substituents is 1. The zero-order chi connectivity index (χ0) is 14.0. The van der Waals surface area contributed by atoms with E-state index in [1.165, 1.54) is 12.1 Å². The third-order valence-electron chi connectivity index (χ3n) is 3.62. The van der Waals surface area contributed by atoms with E-state index >= 15 is 0 Å². The SMILES string of the molecule is CC(C)N1CCN(Cc2cc(F)c(O)c(F)c2)CC1. The zero-order valence-corrected chi connectivity index (χ0v) is 11.4. The predicted molar refractivity (Wildman–Crippen MR) is 70.0 cm³/mol. The number of aromatic hydroxyl groups is 1. The van der Waals surface area contributed by atoms with Crippen molar-refractivity contribution in [2.75, 3.05) is 26.2 Å². The van der Waals surface area contributed by atoms with Gasteiger partial charge in [-0.2, -0.15) is 0 Å². The number of benzene rings is 1. The largest absolute Gasteiger partial charge is 0.503 e. The summed E-state index contributed by atoms with van der Waals surface area (Å²) in [5, 5.41) is 9.06. The zero-order valence-electron chi connectivity index (χ0n) is 11.4. The Hall–Kier alpha value is -1.20. The number of hydrogen-bond donors (Lipinski definition) is 1. The highest BCUT2D eigenvalue weighted by molar-refractivity contribution is 5.30. The second-order valence-corrected chi connectivity index (χ2v) is 5.31. The van der Waals surface area contributed by atoms with Gasteiger partial charge in [-0.15, -0.1) is 0 Å². The second-order valence-electron chi connectivity index (χ2n) is 5.31. The van der Waals surface area contributed by atoms with Crippen molar-refractivity contribution >= 4 is 0 Å². The quantitative estimate of drug-likeness (QED) is 0.912. The molecule has 1 aromatic carbocycles. The predicted octanol–water partition coefficient (Wildman–Crippen LogP) is 2.20. The molecule has 1 heterocycles. The molecule has 0 spiro atoms. The first-order chi connectivity index (χ1) is 8.97. The molecule has 1 fully saturated rings. The van der Waals surface area contributed by atoms with Gasteiger partial charge in [-0.3, -0.25) is 9.80 Å². The number of rotatable bonds is 3. The summed E-state index contributed by atoms with van der Waals surface area (Å²) in [5.41, 5.74) is 0.561. The van der Waals surface area contributed by atoms with E-state index in [4.69, 9.17) is 5.11 Å². The molecular weight excluding hydrogens is 250 g/mol. The van der Waals surface area contributed by atoms with Gasteiger partial charge in [0.25, 0.3) is 0 Å². The minimum atomic E-state index is -0.895. The van der Waals surface area contributed by atoms with E-state index in [0.29, 0.717) is 18.2 Å². The molecule has 1 aliphatic heterocycles. The molecule has 106 valence electrons. The van der Waals surface area contributed by atoms with E-state index in [1.54, 1.807) is 0 Å². The van der Waals surface area contributed by atoms with Crippen molar-refractivity contribution in [1.82, 2.24) is 9.80 Å². The summed E-state index contributed by atoms with van der Waals surface area (Å²) in [6, 6.07) is 2.94. The van der Waals surface area contributed by atoms with Crippen molar-refractivity contribution in [3.8, 4) is 5.75 Å². The fraction of sp³-hybridized carbons (Fsp3) is 0.571. The first-order valence-electron chi connectivity index (χ1n) is 6.60. The van der Waals surface area contributed by atoms with Crippen LogP contribution in [-0.4, -0.2) is 47.1 Å². The highest BCUT2D eigenvalue weighted by atomic mass is 19.1. The van der Waals surface area contributed by atoms with Crippen molar-refractivity contribution < 1.29 is 13.9 Å². The van der Waals surface area contributed by atoms with E-state index in [9.17, 15) is 8.78 Å². The minimum absolute atomic E-state index is 0.514. The van der Waals surface area contributed by atoms with Crippen LogP contribution in [0.4, 0.5) is 8.78 Å². The van der Waals surface area contributed by atoms with Crippen molar-refractivity contribution in [1.29, 1.82) is 0 Å². The number of phenols is 1. The van der Waals surface area contributed by atoms with Crippen molar-refractivity contribution in [3.05, 3.63) is 29.3 Å². The molecule has 5 heteroatoms. The molecule has 0 unspecified atom stereocenters. The van der Waals surface area contributed by atoms with Crippen LogP contribution in [0.25, 0.3) is 0 Å². The highest BCUT2D eigenvalue weighted by Crippen LogP contribution is 2.22. The fourth-order valence-electron chi connectivity index (χ4n) is 2.41. The second kappa shape index (κ2) is 5.84. The lowest BCUT2D eigenvalue weighted by Crippen LogP contribution is -2.48. The molecule has 19 heavy (non-hydrogen) atoms.